The van der Waals surface area contributed by atoms with Gasteiger partial charge in [-0.2, -0.15) is 0 Å². The van der Waals surface area contributed by atoms with Crippen molar-refractivity contribution in [3.8, 4) is 0 Å². The molecule has 1 aliphatic heterocycles. The van der Waals surface area contributed by atoms with Gasteiger partial charge in [-0.3, -0.25) is 19.7 Å². The number of likely N-dealkylation sites (tertiary alicyclic amines) is 1. The average Bonchev–Trinajstić information content (AvgIpc) is 2.73. The number of rotatable bonds is 5. The number of non-ortho nitro benzene ring substituents is 1. The Labute approximate surface area is 176 Å². The second-order valence-electron chi connectivity index (χ2n) is 6.71. The van der Waals surface area contributed by atoms with Crippen LogP contribution in [0.4, 0.5) is 5.69 Å². The van der Waals surface area contributed by atoms with Gasteiger partial charge in [-0.15, -0.1) is 0 Å². The molecular formula is C20H20IN3O4. The summed E-state index contributed by atoms with van der Waals surface area (Å²) in [6.45, 7) is 1.49. The molecule has 0 atom stereocenters. The largest absolute Gasteiger partial charge is 0.352 e. The molecule has 146 valence electrons. The molecule has 7 nitrogen and oxygen atoms in total. The van der Waals surface area contributed by atoms with Crippen LogP contribution in [0.1, 0.15) is 28.8 Å². The highest BCUT2D eigenvalue weighted by molar-refractivity contribution is 14.1. The van der Waals surface area contributed by atoms with E-state index in [9.17, 15) is 19.7 Å². The van der Waals surface area contributed by atoms with E-state index in [2.05, 4.69) is 27.9 Å². The number of nitro groups is 1. The lowest BCUT2D eigenvalue weighted by molar-refractivity contribution is -0.384. The van der Waals surface area contributed by atoms with Crippen LogP contribution in [-0.4, -0.2) is 34.7 Å². The normalized spacial score (nSPS) is 14.5. The van der Waals surface area contributed by atoms with Crippen molar-refractivity contribution >= 4 is 40.1 Å². The van der Waals surface area contributed by atoms with Crippen LogP contribution in [0, 0.1) is 19.6 Å². The maximum atomic E-state index is 12.6. The Balaban J connectivity index is 1.49. The SMILES string of the molecule is O=C(NCc1ccc(I)cc1)C1CCN(C(=O)c2ccc([N+](=O)[O-])cc2)CC1. The summed E-state index contributed by atoms with van der Waals surface area (Å²) in [5.41, 5.74) is 1.44. The van der Waals surface area contributed by atoms with E-state index in [1.165, 1.54) is 24.3 Å². The molecule has 0 unspecified atom stereocenters. The molecule has 0 spiro atoms. The summed E-state index contributed by atoms with van der Waals surface area (Å²) in [6, 6.07) is 13.6. The van der Waals surface area contributed by atoms with Gasteiger partial charge in [0.15, 0.2) is 0 Å². The summed E-state index contributed by atoms with van der Waals surface area (Å²) in [7, 11) is 0. The third-order valence-electron chi connectivity index (χ3n) is 4.86. The first-order valence-electron chi connectivity index (χ1n) is 9.00. The van der Waals surface area contributed by atoms with Gasteiger partial charge in [-0.1, -0.05) is 12.1 Å². The lowest BCUT2D eigenvalue weighted by atomic mass is 9.95. The van der Waals surface area contributed by atoms with E-state index in [1.807, 2.05) is 24.3 Å². The lowest BCUT2D eigenvalue weighted by Crippen LogP contribution is -2.42. The van der Waals surface area contributed by atoms with E-state index in [0.717, 1.165) is 9.13 Å². The van der Waals surface area contributed by atoms with E-state index < -0.39 is 4.92 Å². The third-order valence-corrected chi connectivity index (χ3v) is 5.58. The first-order chi connectivity index (χ1) is 13.4. The van der Waals surface area contributed by atoms with Crippen LogP contribution in [0.5, 0.6) is 0 Å². The van der Waals surface area contributed by atoms with Crippen LogP contribution < -0.4 is 5.32 Å². The van der Waals surface area contributed by atoms with Crippen molar-refractivity contribution in [3.05, 3.63) is 73.3 Å². The maximum absolute atomic E-state index is 12.6. The zero-order chi connectivity index (χ0) is 20.1. The number of nitrogens with zero attached hydrogens (tertiary/aromatic N) is 2. The van der Waals surface area contributed by atoms with Crippen molar-refractivity contribution < 1.29 is 14.5 Å². The molecule has 2 aromatic carbocycles. The number of amides is 2. The molecule has 1 N–H and O–H groups in total. The lowest BCUT2D eigenvalue weighted by Gasteiger charge is -2.31. The smallest absolute Gasteiger partial charge is 0.269 e. The second-order valence-corrected chi connectivity index (χ2v) is 7.96. The van der Waals surface area contributed by atoms with Crippen LogP contribution in [-0.2, 0) is 11.3 Å². The summed E-state index contributed by atoms with van der Waals surface area (Å²) in [4.78, 5) is 36.9. The molecule has 3 rings (SSSR count). The Morgan fingerprint density at radius 2 is 1.68 bits per heavy atom. The number of carbonyl (C=O) groups is 2. The summed E-state index contributed by atoms with van der Waals surface area (Å²) < 4.78 is 1.15. The van der Waals surface area contributed by atoms with Gasteiger partial charge in [0.2, 0.25) is 5.91 Å². The third kappa shape index (κ3) is 5.06. The first kappa shape index (κ1) is 20.2. The van der Waals surface area contributed by atoms with Crippen molar-refractivity contribution in [2.24, 2.45) is 5.92 Å². The number of carbonyl (C=O) groups excluding carboxylic acids is 2. The topological polar surface area (TPSA) is 92.6 Å². The Kier molecular flexibility index (Phi) is 6.61. The van der Waals surface area contributed by atoms with Crippen molar-refractivity contribution in [1.29, 1.82) is 0 Å². The van der Waals surface area contributed by atoms with Gasteiger partial charge in [0.25, 0.3) is 11.6 Å². The summed E-state index contributed by atoms with van der Waals surface area (Å²) in [5, 5.41) is 13.7. The van der Waals surface area contributed by atoms with E-state index in [1.54, 1.807) is 4.90 Å². The number of benzene rings is 2. The highest BCUT2D eigenvalue weighted by atomic mass is 127. The van der Waals surface area contributed by atoms with Crippen LogP contribution in [0.15, 0.2) is 48.5 Å². The van der Waals surface area contributed by atoms with Gasteiger partial charge >= 0.3 is 0 Å². The van der Waals surface area contributed by atoms with Crippen LogP contribution in [0.3, 0.4) is 0 Å². The van der Waals surface area contributed by atoms with E-state index >= 15 is 0 Å². The molecular weight excluding hydrogens is 473 g/mol. The molecule has 0 aromatic heterocycles. The second kappa shape index (κ2) is 9.13. The molecule has 2 aromatic rings. The zero-order valence-corrected chi connectivity index (χ0v) is 17.3. The van der Waals surface area contributed by atoms with Gasteiger partial charge < -0.3 is 10.2 Å². The molecule has 8 heteroatoms. The monoisotopic (exact) mass is 493 g/mol. The molecule has 2 amide bonds. The molecule has 0 bridgehead atoms. The molecule has 0 aliphatic carbocycles. The van der Waals surface area contributed by atoms with Crippen LogP contribution >= 0.6 is 22.6 Å². The van der Waals surface area contributed by atoms with E-state index in [0.29, 0.717) is 38.0 Å². The van der Waals surface area contributed by atoms with E-state index in [-0.39, 0.29) is 23.4 Å². The van der Waals surface area contributed by atoms with Gasteiger partial charge in [0.05, 0.1) is 4.92 Å². The fourth-order valence-electron chi connectivity index (χ4n) is 3.19. The maximum Gasteiger partial charge on any atom is 0.269 e. The predicted molar refractivity (Wildman–Crippen MR) is 113 cm³/mol. The molecule has 1 aliphatic rings. The van der Waals surface area contributed by atoms with Gasteiger partial charge in [-0.25, -0.2) is 0 Å². The molecule has 1 heterocycles. The summed E-state index contributed by atoms with van der Waals surface area (Å²) >= 11 is 2.24. The highest BCUT2D eigenvalue weighted by Crippen LogP contribution is 2.21. The van der Waals surface area contributed by atoms with Crippen molar-refractivity contribution in [2.45, 2.75) is 19.4 Å². The summed E-state index contributed by atoms with van der Waals surface area (Å²) in [6.07, 6.45) is 1.22. The standard InChI is InChI=1S/C20H20IN3O4/c21-17-5-1-14(2-6-17)13-22-19(25)15-9-11-23(12-10-15)20(26)16-3-7-18(8-4-16)24(27)28/h1-8,15H,9-13H2,(H,22,25). The minimum atomic E-state index is -0.491. The highest BCUT2D eigenvalue weighted by Gasteiger charge is 2.27. The molecule has 0 radical (unpaired) electrons. The van der Waals surface area contributed by atoms with Gasteiger partial charge in [0.1, 0.15) is 0 Å². The minimum Gasteiger partial charge on any atom is -0.352 e. The number of halogens is 1. The number of nitro benzene ring substituents is 1. The number of piperidine rings is 1. The Hall–Kier alpha value is -2.49. The Bertz CT molecular complexity index is 860. The molecule has 1 fully saturated rings. The zero-order valence-electron chi connectivity index (χ0n) is 15.1. The van der Waals surface area contributed by atoms with Crippen molar-refractivity contribution in [3.63, 3.8) is 0 Å². The van der Waals surface area contributed by atoms with Crippen molar-refractivity contribution in [1.82, 2.24) is 10.2 Å². The van der Waals surface area contributed by atoms with E-state index in [4.69, 9.17) is 0 Å². The summed E-state index contributed by atoms with van der Waals surface area (Å²) in [5.74, 6) is -0.251. The Morgan fingerprint density at radius 3 is 2.25 bits per heavy atom. The van der Waals surface area contributed by atoms with Gasteiger partial charge in [-0.05, 0) is 65.3 Å². The van der Waals surface area contributed by atoms with Crippen LogP contribution in [0.25, 0.3) is 0 Å². The quantitative estimate of drug-likeness (QED) is 0.393. The van der Waals surface area contributed by atoms with Crippen LogP contribution in [0.2, 0.25) is 0 Å². The number of nitrogens with one attached hydrogen (secondary N) is 1. The van der Waals surface area contributed by atoms with Crippen molar-refractivity contribution in [2.75, 3.05) is 13.1 Å². The molecule has 0 saturated carbocycles. The van der Waals surface area contributed by atoms with Gasteiger partial charge in [0, 0.05) is 46.8 Å². The first-order valence-corrected chi connectivity index (χ1v) is 10.1. The number of hydrogen-bond acceptors (Lipinski definition) is 4. The predicted octanol–water partition coefficient (Wildman–Crippen LogP) is 3.37. The minimum absolute atomic E-state index is 0.0148. The fourth-order valence-corrected chi connectivity index (χ4v) is 3.55. The average molecular weight is 493 g/mol. The fraction of sp³-hybridized carbons (Fsp3) is 0.300. The molecule has 1 saturated heterocycles. The molecule has 28 heavy (non-hydrogen) atoms. The number of hydrogen-bond donors (Lipinski definition) is 1. The Morgan fingerprint density at radius 1 is 1.07 bits per heavy atom.